The van der Waals surface area contributed by atoms with Crippen LogP contribution in [0, 0.1) is 11.3 Å². The minimum Gasteiger partial charge on any atom is -0.490 e. The van der Waals surface area contributed by atoms with Crippen LogP contribution in [0.25, 0.3) is 0 Å². The van der Waals surface area contributed by atoms with Crippen molar-refractivity contribution in [3.63, 3.8) is 0 Å². The molecule has 1 heterocycles. The number of benzene rings is 1. The topological polar surface area (TPSA) is 62.3 Å². The van der Waals surface area contributed by atoms with E-state index in [1.807, 2.05) is 12.1 Å². The number of hydrogen-bond donors (Lipinski definition) is 1. The maximum absolute atomic E-state index is 9.11. The molecule has 0 radical (unpaired) electrons. The maximum Gasteiger partial charge on any atom is 0.139 e. The van der Waals surface area contributed by atoms with Crippen LogP contribution < -0.4 is 10.5 Å². The Morgan fingerprint density at radius 3 is 3.11 bits per heavy atom. The van der Waals surface area contributed by atoms with E-state index in [4.69, 9.17) is 15.7 Å². The fraction of sp³-hybridized carbons (Fsp3) is 0.533. The normalized spacial score (nSPS) is 19.3. The second-order valence-corrected chi connectivity index (χ2v) is 4.98. The first kappa shape index (κ1) is 13.7. The number of nitrogens with two attached hydrogens (primary N) is 1. The average molecular weight is 259 g/mol. The van der Waals surface area contributed by atoms with Gasteiger partial charge in [-0.1, -0.05) is 13.0 Å². The molecule has 0 unspecified atom stereocenters. The van der Waals surface area contributed by atoms with E-state index in [0.717, 1.165) is 19.5 Å². The van der Waals surface area contributed by atoms with Gasteiger partial charge in [0.25, 0.3) is 0 Å². The fourth-order valence-electron chi connectivity index (χ4n) is 2.64. The van der Waals surface area contributed by atoms with Crippen LogP contribution >= 0.6 is 0 Å². The molecular weight excluding hydrogens is 238 g/mol. The molecule has 0 aromatic heterocycles. The summed E-state index contributed by atoms with van der Waals surface area (Å²) >= 11 is 0. The summed E-state index contributed by atoms with van der Waals surface area (Å²) in [5.74, 6) is 0.603. The standard InChI is InChI=1S/C15H21N3O/c1-2-8-18-9-4-5-12(18)11-19-15-7-3-6-14(17)13(15)10-16/h3,6-7,12H,2,4-5,8-9,11,17H2,1H3/t12-/m1/s1. The zero-order valence-electron chi connectivity index (χ0n) is 11.4. The second kappa shape index (κ2) is 6.44. The summed E-state index contributed by atoms with van der Waals surface area (Å²) in [5, 5.41) is 9.11. The van der Waals surface area contributed by atoms with Gasteiger partial charge < -0.3 is 10.5 Å². The molecule has 2 N–H and O–H groups in total. The van der Waals surface area contributed by atoms with Gasteiger partial charge in [-0.25, -0.2) is 0 Å². The van der Waals surface area contributed by atoms with E-state index in [-0.39, 0.29) is 0 Å². The van der Waals surface area contributed by atoms with Gasteiger partial charge in [0.05, 0.1) is 5.69 Å². The molecule has 1 saturated heterocycles. The Morgan fingerprint density at radius 1 is 1.53 bits per heavy atom. The molecule has 1 aromatic rings. The number of likely N-dealkylation sites (tertiary alicyclic amines) is 1. The largest absolute Gasteiger partial charge is 0.490 e. The quantitative estimate of drug-likeness (QED) is 0.825. The fourth-order valence-corrected chi connectivity index (χ4v) is 2.64. The lowest BCUT2D eigenvalue weighted by Crippen LogP contribution is -2.34. The summed E-state index contributed by atoms with van der Waals surface area (Å²) in [5.41, 5.74) is 6.71. The highest BCUT2D eigenvalue weighted by atomic mass is 16.5. The van der Waals surface area contributed by atoms with Gasteiger partial charge in [0.1, 0.15) is 24.0 Å². The summed E-state index contributed by atoms with van der Waals surface area (Å²) in [6, 6.07) is 7.94. The number of anilines is 1. The third-order valence-electron chi connectivity index (χ3n) is 3.61. The predicted octanol–water partition coefficient (Wildman–Crippen LogP) is 2.39. The van der Waals surface area contributed by atoms with Gasteiger partial charge in [-0.3, -0.25) is 4.90 Å². The van der Waals surface area contributed by atoms with Crippen LogP contribution in [0.3, 0.4) is 0 Å². The number of rotatable bonds is 5. The zero-order valence-corrected chi connectivity index (χ0v) is 11.4. The summed E-state index contributed by atoms with van der Waals surface area (Å²) in [4.78, 5) is 2.47. The molecule has 19 heavy (non-hydrogen) atoms. The molecule has 0 spiro atoms. The van der Waals surface area contributed by atoms with E-state index < -0.39 is 0 Å². The molecule has 0 bridgehead atoms. The van der Waals surface area contributed by atoms with Crippen molar-refractivity contribution in [3.8, 4) is 11.8 Å². The molecule has 0 amide bonds. The van der Waals surface area contributed by atoms with Gasteiger partial charge in [0.15, 0.2) is 0 Å². The van der Waals surface area contributed by atoms with Crippen LogP contribution in [0.5, 0.6) is 5.75 Å². The lowest BCUT2D eigenvalue weighted by Gasteiger charge is -2.24. The van der Waals surface area contributed by atoms with Crippen molar-refractivity contribution in [2.24, 2.45) is 0 Å². The Hall–Kier alpha value is -1.73. The Kier molecular flexibility index (Phi) is 4.64. The van der Waals surface area contributed by atoms with E-state index in [9.17, 15) is 0 Å². The van der Waals surface area contributed by atoms with Crippen LogP contribution in [0.4, 0.5) is 5.69 Å². The van der Waals surface area contributed by atoms with E-state index in [0.29, 0.717) is 29.6 Å². The van der Waals surface area contributed by atoms with Crippen LogP contribution in [0.2, 0.25) is 0 Å². The molecule has 4 nitrogen and oxygen atoms in total. The molecule has 0 saturated carbocycles. The van der Waals surface area contributed by atoms with E-state index in [1.165, 1.54) is 12.8 Å². The van der Waals surface area contributed by atoms with Gasteiger partial charge >= 0.3 is 0 Å². The van der Waals surface area contributed by atoms with Gasteiger partial charge in [0.2, 0.25) is 0 Å². The maximum atomic E-state index is 9.11. The van der Waals surface area contributed by atoms with Crippen LogP contribution in [0.15, 0.2) is 18.2 Å². The van der Waals surface area contributed by atoms with Crippen LogP contribution in [-0.2, 0) is 0 Å². The molecular formula is C15H21N3O. The highest BCUT2D eigenvalue weighted by molar-refractivity contribution is 5.60. The van der Waals surface area contributed by atoms with E-state index in [2.05, 4.69) is 17.9 Å². The highest BCUT2D eigenvalue weighted by Gasteiger charge is 2.24. The monoisotopic (exact) mass is 259 g/mol. The summed E-state index contributed by atoms with van der Waals surface area (Å²) in [6.45, 7) is 5.11. The number of nitrogen functional groups attached to an aromatic ring is 1. The van der Waals surface area contributed by atoms with Gasteiger partial charge in [-0.05, 0) is 44.5 Å². The van der Waals surface area contributed by atoms with Gasteiger partial charge in [-0.2, -0.15) is 5.26 Å². The summed E-state index contributed by atoms with van der Waals surface area (Å²) in [6.07, 6.45) is 3.57. The number of ether oxygens (including phenoxy) is 1. The molecule has 1 aliphatic rings. The molecule has 2 rings (SSSR count). The zero-order chi connectivity index (χ0) is 13.7. The molecule has 0 aliphatic carbocycles. The van der Waals surface area contributed by atoms with Crippen molar-refractivity contribution in [2.45, 2.75) is 32.2 Å². The Labute approximate surface area is 114 Å². The highest BCUT2D eigenvalue weighted by Crippen LogP contribution is 2.25. The van der Waals surface area contributed by atoms with Crippen LogP contribution in [0.1, 0.15) is 31.7 Å². The minimum absolute atomic E-state index is 0.447. The molecule has 4 heteroatoms. The third kappa shape index (κ3) is 3.18. The van der Waals surface area contributed by atoms with Crippen LogP contribution in [-0.4, -0.2) is 30.6 Å². The third-order valence-corrected chi connectivity index (χ3v) is 3.61. The molecule has 102 valence electrons. The Morgan fingerprint density at radius 2 is 2.37 bits per heavy atom. The number of hydrogen-bond acceptors (Lipinski definition) is 4. The van der Waals surface area contributed by atoms with Crippen molar-refractivity contribution < 1.29 is 4.74 Å². The Bertz CT molecular complexity index is 467. The predicted molar refractivity (Wildman–Crippen MR) is 76.0 cm³/mol. The SMILES string of the molecule is CCCN1CCC[C@@H]1COc1cccc(N)c1C#N. The number of nitriles is 1. The first-order chi connectivity index (χ1) is 9.26. The molecule has 1 fully saturated rings. The van der Waals surface area contributed by atoms with E-state index in [1.54, 1.807) is 6.07 Å². The lowest BCUT2D eigenvalue weighted by molar-refractivity contribution is 0.173. The van der Waals surface area contributed by atoms with Gasteiger partial charge in [0, 0.05) is 6.04 Å². The van der Waals surface area contributed by atoms with Crippen molar-refractivity contribution in [1.82, 2.24) is 4.90 Å². The van der Waals surface area contributed by atoms with E-state index >= 15 is 0 Å². The van der Waals surface area contributed by atoms with Crippen molar-refractivity contribution >= 4 is 5.69 Å². The smallest absolute Gasteiger partial charge is 0.139 e. The molecule has 1 aromatic carbocycles. The lowest BCUT2D eigenvalue weighted by atomic mass is 10.2. The Balaban J connectivity index is 1.99. The first-order valence-corrected chi connectivity index (χ1v) is 6.91. The first-order valence-electron chi connectivity index (χ1n) is 6.91. The minimum atomic E-state index is 0.447. The summed E-state index contributed by atoms with van der Waals surface area (Å²) < 4.78 is 5.83. The number of nitrogens with zero attached hydrogens (tertiary/aromatic N) is 2. The van der Waals surface area contributed by atoms with Crippen molar-refractivity contribution in [1.29, 1.82) is 5.26 Å². The molecule has 1 aliphatic heterocycles. The summed E-state index contributed by atoms with van der Waals surface area (Å²) in [7, 11) is 0. The second-order valence-electron chi connectivity index (χ2n) is 4.98. The molecule has 1 atom stereocenters. The van der Waals surface area contributed by atoms with Gasteiger partial charge in [-0.15, -0.1) is 0 Å². The van der Waals surface area contributed by atoms with Crippen molar-refractivity contribution in [3.05, 3.63) is 23.8 Å². The average Bonchev–Trinajstić information content (AvgIpc) is 2.84. The van der Waals surface area contributed by atoms with Crippen molar-refractivity contribution in [2.75, 3.05) is 25.4 Å².